The van der Waals surface area contributed by atoms with Crippen molar-refractivity contribution >= 4 is 27.3 Å². The Morgan fingerprint density at radius 2 is 1.81 bits per heavy atom. The smallest absolute Gasteiger partial charge is 0.258 e. The predicted octanol–water partition coefficient (Wildman–Crippen LogP) is 1.31. The van der Waals surface area contributed by atoms with Gasteiger partial charge in [-0.05, 0) is 30.3 Å². The third-order valence-electron chi connectivity index (χ3n) is 2.68. The number of hydrogen-bond acceptors (Lipinski definition) is 4. The molecule has 21 heavy (non-hydrogen) atoms. The molecule has 0 heterocycles. The molecule has 0 aliphatic carbocycles. The Kier molecular flexibility index (Phi) is 3.92. The molecule has 6 nitrogen and oxygen atoms in total. The van der Waals surface area contributed by atoms with Crippen LogP contribution in [0.4, 0.5) is 15.8 Å². The lowest BCUT2D eigenvalue weighted by molar-refractivity contribution is 0.102. The first-order valence-corrected chi connectivity index (χ1v) is 7.32. The van der Waals surface area contributed by atoms with Gasteiger partial charge in [-0.15, -0.1) is 0 Å². The van der Waals surface area contributed by atoms with Crippen molar-refractivity contribution in [1.82, 2.24) is 0 Å². The summed E-state index contributed by atoms with van der Waals surface area (Å²) in [7, 11) is -4.01. The third kappa shape index (κ3) is 3.36. The Labute approximate surface area is 120 Å². The summed E-state index contributed by atoms with van der Waals surface area (Å²) in [5.74, 6) is -1.61. The Morgan fingerprint density at radius 1 is 1.14 bits per heavy atom. The fourth-order valence-electron chi connectivity index (χ4n) is 1.72. The van der Waals surface area contributed by atoms with Crippen LogP contribution in [-0.2, 0) is 10.0 Å². The zero-order chi connectivity index (χ0) is 15.6. The van der Waals surface area contributed by atoms with Gasteiger partial charge < -0.3 is 11.1 Å². The lowest BCUT2D eigenvalue weighted by Gasteiger charge is -2.10. The molecule has 1 amide bonds. The third-order valence-corrected chi connectivity index (χ3v) is 3.65. The van der Waals surface area contributed by atoms with Crippen molar-refractivity contribution in [3.8, 4) is 0 Å². The van der Waals surface area contributed by atoms with Crippen molar-refractivity contribution in [2.45, 2.75) is 4.90 Å². The molecule has 0 unspecified atom stereocenters. The number of nitrogens with one attached hydrogen (secondary N) is 1. The first-order valence-electron chi connectivity index (χ1n) is 5.77. The van der Waals surface area contributed by atoms with Crippen molar-refractivity contribution in [2.75, 3.05) is 11.1 Å². The van der Waals surface area contributed by atoms with E-state index >= 15 is 0 Å². The van der Waals surface area contributed by atoms with Gasteiger partial charge in [0.15, 0.2) is 0 Å². The van der Waals surface area contributed by atoms with E-state index in [0.29, 0.717) is 0 Å². The van der Waals surface area contributed by atoms with Gasteiger partial charge in [-0.3, -0.25) is 4.79 Å². The van der Waals surface area contributed by atoms with Crippen LogP contribution in [0.3, 0.4) is 0 Å². The molecule has 5 N–H and O–H groups in total. The summed E-state index contributed by atoms with van der Waals surface area (Å²) in [6.45, 7) is 0. The molecule has 2 aromatic rings. The standard InChI is InChI=1S/C13H12FN3O3S/c14-10-7-8(15)5-6-9(10)13(18)17-11-3-1-2-4-12(11)21(16,19)20/h1-7H,15H2,(H,17,18)(H2,16,19,20). The van der Waals surface area contributed by atoms with Gasteiger partial charge in [0, 0.05) is 5.69 Å². The van der Waals surface area contributed by atoms with Gasteiger partial charge >= 0.3 is 0 Å². The van der Waals surface area contributed by atoms with E-state index in [1.807, 2.05) is 0 Å². The highest BCUT2D eigenvalue weighted by molar-refractivity contribution is 7.89. The van der Waals surface area contributed by atoms with Gasteiger partial charge in [-0.25, -0.2) is 17.9 Å². The average molecular weight is 309 g/mol. The number of carbonyl (C=O) groups excluding carboxylic acids is 1. The highest BCUT2D eigenvalue weighted by atomic mass is 32.2. The molecule has 8 heteroatoms. The number of para-hydroxylation sites is 1. The van der Waals surface area contributed by atoms with Crippen LogP contribution in [0.1, 0.15) is 10.4 Å². The Morgan fingerprint density at radius 3 is 2.43 bits per heavy atom. The van der Waals surface area contributed by atoms with Crippen LogP contribution in [0.15, 0.2) is 47.4 Å². The maximum Gasteiger partial charge on any atom is 0.258 e. The molecule has 0 atom stereocenters. The van der Waals surface area contributed by atoms with Crippen molar-refractivity contribution in [3.05, 3.63) is 53.8 Å². The summed E-state index contributed by atoms with van der Waals surface area (Å²) in [6, 6.07) is 9.14. The number of benzene rings is 2. The monoisotopic (exact) mass is 309 g/mol. The molecular formula is C13H12FN3O3S. The summed E-state index contributed by atoms with van der Waals surface area (Å²) in [5, 5.41) is 7.37. The molecule has 110 valence electrons. The first-order chi connectivity index (χ1) is 9.79. The van der Waals surface area contributed by atoms with E-state index in [9.17, 15) is 17.6 Å². The van der Waals surface area contributed by atoms with Gasteiger partial charge in [0.1, 0.15) is 10.7 Å². The number of carbonyl (C=O) groups is 1. The molecule has 0 aromatic heterocycles. The van der Waals surface area contributed by atoms with Gasteiger partial charge in [0.05, 0.1) is 11.3 Å². The van der Waals surface area contributed by atoms with Crippen LogP contribution in [0.5, 0.6) is 0 Å². The molecule has 0 spiro atoms. The number of primary sulfonamides is 1. The molecule has 0 saturated heterocycles. The van der Waals surface area contributed by atoms with E-state index < -0.39 is 21.7 Å². The second-order valence-corrected chi connectivity index (χ2v) is 5.76. The SMILES string of the molecule is Nc1ccc(C(=O)Nc2ccccc2S(N)(=O)=O)c(F)c1. The number of nitrogens with two attached hydrogens (primary N) is 2. The largest absolute Gasteiger partial charge is 0.399 e. The van der Waals surface area contributed by atoms with Gasteiger partial charge in [-0.2, -0.15) is 0 Å². The quantitative estimate of drug-likeness (QED) is 0.741. The van der Waals surface area contributed by atoms with Crippen LogP contribution in [0.2, 0.25) is 0 Å². The van der Waals surface area contributed by atoms with Crippen molar-refractivity contribution < 1.29 is 17.6 Å². The zero-order valence-electron chi connectivity index (χ0n) is 10.7. The molecule has 0 aliphatic rings. The number of sulfonamides is 1. The second kappa shape index (κ2) is 5.51. The maximum absolute atomic E-state index is 13.7. The molecule has 0 radical (unpaired) electrons. The summed E-state index contributed by atoms with van der Waals surface area (Å²) >= 11 is 0. The van der Waals surface area contributed by atoms with E-state index in [4.69, 9.17) is 10.9 Å². The Hall–Kier alpha value is -2.45. The van der Waals surface area contributed by atoms with Gasteiger partial charge in [0.25, 0.3) is 5.91 Å². The van der Waals surface area contributed by atoms with Crippen molar-refractivity contribution in [2.24, 2.45) is 5.14 Å². The Bertz CT molecular complexity index is 806. The van der Waals surface area contributed by atoms with E-state index in [0.717, 1.165) is 6.07 Å². The molecule has 0 bridgehead atoms. The minimum absolute atomic E-state index is 0.0266. The number of amides is 1. The van der Waals surface area contributed by atoms with Gasteiger partial charge in [-0.1, -0.05) is 12.1 Å². The minimum atomic E-state index is -4.01. The first kappa shape index (κ1) is 14.9. The Balaban J connectivity index is 2.37. The van der Waals surface area contributed by atoms with E-state index in [1.54, 1.807) is 0 Å². The van der Waals surface area contributed by atoms with Crippen LogP contribution >= 0.6 is 0 Å². The maximum atomic E-state index is 13.7. The summed E-state index contributed by atoms with van der Waals surface area (Å²) in [6.07, 6.45) is 0. The van der Waals surface area contributed by atoms with Crippen LogP contribution in [-0.4, -0.2) is 14.3 Å². The highest BCUT2D eigenvalue weighted by Crippen LogP contribution is 2.21. The summed E-state index contributed by atoms with van der Waals surface area (Å²) < 4.78 is 36.5. The lowest BCUT2D eigenvalue weighted by atomic mass is 10.1. The van der Waals surface area contributed by atoms with E-state index in [2.05, 4.69) is 5.32 Å². The normalized spacial score (nSPS) is 11.1. The average Bonchev–Trinajstić information content (AvgIpc) is 2.37. The topological polar surface area (TPSA) is 115 Å². The second-order valence-electron chi connectivity index (χ2n) is 4.23. The number of nitrogen functional groups attached to an aromatic ring is 1. The molecule has 0 aliphatic heterocycles. The molecule has 0 fully saturated rings. The van der Waals surface area contributed by atoms with Crippen LogP contribution in [0.25, 0.3) is 0 Å². The lowest BCUT2D eigenvalue weighted by Crippen LogP contribution is -2.19. The zero-order valence-corrected chi connectivity index (χ0v) is 11.5. The predicted molar refractivity (Wildman–Crippen MR) is 76.6 cm³/mol. The van der Waals surface area contributed by atoms with Gasteiger partial charge in [0.2, 0.25) is 10.0 Å². The number of halogens is 1. The van der Waals surface area contributed by atoms with E-state index in [-0.39, 0.29) is 21.8 Å². The fourth-order valence-corrected chi connectivity index (χ4v) is 2.42. The number of anilines is 2. The van der Waals surface area contributed by atoms with Crippen LogP contribution in [0, 0.1) is 5.82 Å². The minimum Gasteiger partial charge on any atom is -0.399 e. The number of hydrogen-bond donors (Lipinski definition) is 3. The van der Waals surface area contributed by atoms with E-state index in [1.165, 1.54) is 36.4 Å². The fraction of sp³-hybridized carbons (Fsp3) is 0. The molecular weight excluding hydrogens is 297 g/mol. The molecule has 0 saturated carbocycles. The van der Waals surface area contributed by atoms with Crippen molar-refractivity contribution in [1.29, 1.82) is 0 Å². The highest BCUT2D eigenvalue weighted by Gasteiger charge is 2.17. The van der Waals surface area contributed by atoms with Crippen LogP contribution < -0.4 is 16.2 Å². The summed E-state index contributed by atoms with van der Waals surface area (Å²) in [4.78, 5) is 11.7. The van der Waals surface area contributed by atoms with Crippen molar-refractivity contribution in [3.63, 3.8) is 0 Å². The summed E-state index contributed by atoms with van der Waals surface area (Å²) in [5.41, 5.74) is 5.29. The number of rotatable bonds is 3. The molecule has 2 aromatic carbocycles. The molecule has 2 rings (SSSR count).